The molecule has 94 valence electrons. The van der Waals surface area contributed by atoms with Crippen molar-refractivity contribution in [1.82, 2.24) is 0 Å². The number of nitrogens with two attached hydrogens (primary N) is 1. The first kappa shape index (κ1) is 12.1. The first-order valence-corrected chi connectivity index (χ1v) is 6.55. The predicted molar refractivity (Wildman–Crippen MR) is 70.3 cm³/mol. The van der Waals surface area contributed by atoms with Crippen molar-refractivity contribution in [3.63, 3.8) is 0 Å². The van der Waals surface area contributed by atoms with Gasteiger partial charge in [-0.15, -0.1) is 0 Å². The van der Waals surface area contributed by atoms with E-state index in [0.29, 0.717) is 5.69 Å². The topological polar surface area (TPSA) is 63.4 Å². The zero-order chi connectivity index (χ0) is 12.3. The van der Waals surface area contributed by atoms with Crippen molar-refractivity contribution >= 4 is 11.4 Å². The smallest absolute Gasteiger partial charge is 0.253 e. The fourth-order valence-corrected chi connectivity index (χ4v) is 2.54. The van der Waals surface area contributed by atoms with Gasteiger partial charge in [-0.25, -0.2) is 0 Å². The first-order chi connectivity index (χ1) is 8.22. The van der Waals surface area contributed by atoms with Crippen molar-refractivity contribution in [3.8, 4) is 0 Å². The maximum Gasteiger partial charge on any atom is 0.253 e. The number of hydrogen-bond acceptors (Lipinski definition) is 4. The average molecular weight is 236 g/mol. The lowest BCUT2D eigenvalue weighted by Gasteiger charge is -2.27. The first-order valence-electron chi connectivity index (χ1n) is 6.55. The van der Waals surface area contributed by atoms with Gasteiger partial charge in [0.05, 0.1) is 0 Å². The molecule has 2 N–H and O–H groups in total. The number of hydrogen-bond donors (Lipinski definition) is 1. The molecule has 0 unspecified atom stereocenters. The second-order valence-electron chi connectivity index (χ2n) is 4.88. The van der Waals surface area contributed by atoms with Crippen molar-refractivity contribution in [1.29, 1.82) is 0 Å². The van der Waals surface area contributed by atoms with Crippen LogP contribution in [0.4, 0.5) is 11.4 Å². The van der Waals surface area contributed by atoms with E-state index in [4.69, 9.17) is 5.73 Å². The normalized spacial score (nSPS) is 19.4. The molecule has 0 radical (unpaired) electrons. The minimum Gasteiger partial charge on any atom is -0.394 e. The highest BCUT2D eigenvalue weighted by atomic mass is 16.2. The molecule has 1 heterocycles. The lowest BCUT2D eigenvalue weighted by molar-refractivity contribution is 0.543. The Balaban J connectivity index is 2.07. The SMILES string of the molecule is Nc1c(N2CCCCCCCCC2)c(=O)c1=O. The Morgan fingerprint density at radius 3 is 1.71 bits per heavy atom. The minimum atomic E-state index is -0.503. The van der Waals surface area contributed by atoms with Crippen molar-refractivity contribution < 1.29 is 0 Å². The third-order valence-corrected chi connectivity index (χ3v) is 3.59. The number of rotatable bonds is 1. The van der Waals surface area contributed by atoms with Gasteiger partial charge in [-0.1, -0.05) is 32.1 Å². The molecule has 0 amide bonds. The summed E-state index contributed by atoms with van der Waals surface area (Å²) in [5.41, 5.74) is 5.38. The summed E-state index contributed by atoms with van der Waals surface area (Å²) in [4.78, 5) is 24.6. The zero-order valence-electron chi connectivity index (χ0n) is 10.2. The van der Waals surface area contributed by atoms with E-state index in [9.17, 15) is 9.59 Å². The molecule has 4 heteroatoms. The highest BCUT2D eigenvalue weighted by molar-refractivity contribution is 5.72. The number of nitrogens with zero attached hydrogens (tertiary/aromatic N) is 1. The summed E-state index contributed by atoms with van der Waals surface area (Å²) in [6.07, 6.45) is 8.43. The maximum absolute atomic E-state index is 11.5. The summed E-state index contributed by atoms with van der Waals surface area (Å²) in [6.45, 7) is 1.71. The molecular formula is C13H20N2O2. The average Bonchev–Trinajstić information content (AvgIpc) is 2.36. The molecule has 1 aliphatic heterocycles. The zero-order valence-corrected chi connectivity index (χ0v) is 10.2. The van der Waals surface area contributed by atoms with E-state index >= 15 is 0 Å². The predicted octanol–water partition coefficient (Wildman–Crippen LogP) is 1.42. The van der Waals surface area contributed by atoms with Crippen molar-refractivity contribution in [3.05, 3.63) is 20.4 Å². The van der Waals surface area contributed by atoms with Crippen LogP contribution in [0, 0.1) is 0 Å². The van der Waals surface area contributed by atoms with Crippen molar-refractivity contribution in [2.75, 3.05) is 23.7 Å². The molecule has 0 aliphatic carbocycles. The van der Waals surface area contributed by atoms with Gasteiger partial charge in [0.25, 0.3) is 10.9 Å². The van der Waals surface area contributed by atoms with Gasteiger partial charge in [0.1, 0.15) is 11.4 Å². The standard InChI is InChI=1S/C13H20N2O2/c14-10-11(13(17)12(10)16)15-8-6-4-2-1-3-5-7-9-15/h1-9,14H2. The monoisotopic (exact) mass is 236 g/mol. The van der Waals surface area contributed by atoms with E-state index in [0.717, 1.165) is 25.9 Å². The Morgan fingerprint density at radius 2 is 1.24 bits per heavy atom. The van der Waals surface area contributed by atoms with Crippen LogP contribution in [-0.4, -0.2) is 13.1 Å². The summed E-state index contributed by atoms with van der Waals surface area (Å²) in [5.74, 6) is 0. The van der Waals surface area contributed by atoms with E-state index in [1.54, 1.807) is 0 Å². The van der Waals surface area contributed by atoms with Crippen LogP contribution >= 0.6 is 0 Å². The van der Waals surface area contributed by atoms with Crippen LogP contribution in [0.15, 0.2) is 9.59 Å². The third kappa shape index (κ3) is 2.51. The molecule has 4 nitrogen and oxygen atoms in total. The van der Waals surface area contributed by atoms with Gasteiger partial charge in [-0.3, -0.25) is 9.59 Å². The maximum atomic E-state index is 11.5. The van der Waals surface area contributed by atoms with Crippen molar-refractivity contribution in [2.24, 2.45) is 0 Å². The van der Waals surface area contributed by atoms with Gasteiger partial charge in [0.15, 0.2) is 0 Å². The second-order valence-corrected chi connectivity index (χ2v) is 4.88. The summed E-state index contributed by atoms with van der Waals surface area (Å²) in [5, 5.41) is 0. The van der Waals surface area contributed by atoms with Gasteiger partial charge in [-0.2, -0.15) is 0 Å². The summed E-state index contributed by atoms with van der Waals surface area (Å²) in [6, 6.07) is 0. The Kier molecular flexibility index (Phi) is 3.82. The Hall–Kier alpha value is -1.32. The van der Waals surface area contributed by atoms with Crippen LogP contribution in [-0.2, 0) is 0 Å². The molecule has 1 saturated heterocycles. The minimum absolute atomic E-state index is 0.173. The van der Waals surface area contributed by atoms with Gasteiger partial charge < -0.3 is 10.6 Å². The molecule has 1 aromatic rings. The molecule has 1 aromatic carbocycles. The van der Waals surface area contributed by atoms with Gasteiger partial charge >= 0.3 is 0 Å². The van der Waals surface area contributed by atoms with E-state index in [1.165, 1.54) is 32.1 Å². The molecule has 1 aliphatic rings. The second kappa shape index (κ2) is 5.34. The number of nitrogen functional groups attached to an aromatic ring is 1. The molecular weight excluding hydrogens is 216 g/mol. The number of anilines is 2. The molecule has 1 fully saturated rings. The van der Waals surface area contributed by atoms with Crippen LogP contribution in [0.2, 0.25) is 0 Å². The summed E-state index contributed by atoms with van der Waals surface area (Å²) < 4.78 is 0. The Morgan fingerprint density at radius 1 is 0.765 bits per heavy atom. The molecule has 0 atom stereocenters. The Bertz CT molecular complexity index is 436. The van der Waals surface area contributed by atoms with Crippen LogP contribution < -0.4 is 21.5 Å². The fraction of sp³-hybridized carbons (Fsp3) is 0.692. The van der Waals surface area contributed by atoms with E-state index in [1.807, 2.05) is 4.90 Å². The lowest BCUT2D eigenvalue weighted by Crippen LogP contribution is -2.43. The molecule has 17 heavy (non-hydrogen) atoms. The Labute approximate surface area is 101 Å². The molecule has 0 bridgehead atoms. The van der Waals surface area contributed by atoms with Gasteiger partial charge in [-0.05, 0) is 12.8 Å². The van der Waals surface area contributed by atoms with Gasteiger partial charge in [0.2, 0.25) is 0 Å². The quantitative estimate of drug-likeness (QED) is 0.749. The summed E-state index contributed by atoms with van der Waals surface area (Å²) in [7, 11) is 0. The van der Waals surface area contributed by atoms with E-state index in [2.05, 4.69) is 0 Å². The molecule has 0 saturated carbocycles. The molecule has 2 rings (SSSR count). The van der Waals surface area contributed by atoms with Gasteiger partial charge in [0, 0.05) is 13.1 Å². The highest BCUT2D eigenvalue weighted by Gasteiger charge is 2.23. The van der Waals surface area contributed by atoms with Crippen LogP contribution in [0.3, 0.4) is 0 Å². The third-order valence-electron chi connectivity index (χ3n) is 3.59. The lowest BCUT2D eigenvalue weighted by atomic mass is 10.1. The van der Waals surface area contributed by atoms with E-state index in [-0.39, 0.29) is 11.1 Å². The van der Waals surface area contributed by atoms with E-state index < -0.39 is 5.43 Å². The van der Waals surface area contributed by atoms with Crippen LogP contribution in [0.25, 0.3) is 0 Å². The summed E-state index contributed by atoms with van der Waals surface area (Å²) >= 11 is 0. The molecule has 0 aromatic heterocycles. The largest absolute Gasteiger partial charge is 0.394 e. The van der Waals surface area contributed by atoms with Crippen molar-refractivity contribution in [2.45, 2.75) is 44.9 Å². The van der Waals surface area contributed by atoms with Crippen LogP contribution in [0.5, 0.6) is 0 Å². The highest BCUT2D eigenvalue weighted by Crippen LogP contribution is 2.20. The van der Waals surface area contributed by atoms with Crippen LogP contribution in [0.1, 0.15) is 44.9 Å². The molecule has 0 spiro atoms. The fourth-order valence-electron chi connectivity index (χ4n) is 2.54.